The largest absolute Gasteiger partial charge is 0.383 e. The molecule has 5 nitrogen and oxygen atoms in total. The highest BCUT2D eigenvalue weighted by Gasteiger charge is 2.51. The van der Waals surface area contributed by atoms with Gasteiger partial charge in [0, 0.05) is 12.5 Å². The second kappa shape index (κ2) is 11.5. The molecule has 1 heterocycles. The number of fused-ring (bicyclic) bond motifs is 1. The van der Waals surface area contributed by atoms with E-state index in [1.54, 1.807) is 6.08 Å². The molecule has 0 radical (unpaired) electrons. The number of ether oxygens (including phenoxy) is 1. The molecule has 0 unspecified atom stereocenters. The third kappa shape index (κ3) is 6.94. The molecule has 1 aliphatic carbocycles. The fourth-order valence-corrected chi connectivity index (χ4v) is 4.77. The van der Waals surface area contributed by atoms with E-state index < -0.39 is 28.9 Å². The quantitative estimate of drug-likeness (QED) is 0.232. The standard InChI is InChI=1S/C23H33Cl2NO4/c1-4-5-6-7-8-15(2)11-16(3)9-10-19(27)26-17-12-23(29)13-18(24)21(28)20(25)22(23)30-14-17/h9-11,13,15,17,20,22,29H,4-8,12,14H2,1-3H3,(H,26,27)/b10-9+,16-11+/t15-,17+,20+,22+,23+/m1/s1. The minimum Gasteiger partial charge on any atom is -0.383 e. The summed E-state index contributed by atoms with van der Waals surface area (Å²) in [4.78, 5) is 24.2. The van der Waals surface area contributed by atoms with Crippen molar-refractivity contribution >= 4 is 34.9 Å². The number of halogens is 2. The van der Waals surface area contributed by atoms with Crippen LogP contribution in [0.4, 0.5) is 0 Å². The topological polar surface area (TPSA) is 75.6 Å². The molecule has 0 spiro atoms. The number of ketones is 1. The number of aliphatic hydroxyl groups is 1. The second-order valence-corrected chi connectivity index (χ2v) is 9.36. The maximum atomic E-state index is 12.3. The molecule has 0 aromatic rings. The first-order chi connectivity index (χ1) is 14.2. The third-order valence-electron chi connectivity index (χ3n) is 5.58. The summed E-state index contributed by atoms with van der Waals surface area (Å²) in [7, 11) is 0. The molecule has 2 rings (SSSR count). The van der Waals surface area contributed by atoms with Gasteiger partial charge in [-0.2, -0.15) is 0 Å². The second-order valence-electron chi connectivity index (χ2n) is 8.48. The molecule has 2 N–H and O–H groups in total. The minimum atomic E-state index is -1.49. The average Bonchev–Trinajstić information content (AvgIpc) is 2.67. The molecule has 1 saturated heterocycles. The number of amides is 1. The number of unbranched alkanes of at least 4 members (excludes halogenated alkanes) is 3. The van der Waals surface area contributed by atoms with E-state index in [0.717, 1.165) is 12.0 Å². The van der Waals surface area contributed by atoms with Crippen LogP contribution in [-0.2, 0) is 14.3 Å². The highest BCUT2D eigenvalue weighted by atomic mass is 35.5. The van der Waals surface area contributed by atoms with Gasteiger partial charge in [0.1, 0.15) is 17.1 Å². The van der Waals surface area contributed by atoms with Gasteiger partial charge in [0.25, 0.3) is 0 Å². The van der Waals surface area contributed by atoms with Crippen LogP contribution in [0.1, 0.15) is 59.3 Å². The number of carbonyl (C=O) groups excluding carboxylic acids is 2. The fourth-order valence-electron chi connectivity index (χ4n) is 4.00. The molecular formula is C23H33Cl2NO4. The SMILES string of the molecule is CCCCCC[C@@H](C)/C=C(C)/C=C/C(=O)N[C@@H]1CO[C@H]2[C@@H](Cl)C(=O)C(Cl)=C[C@@]2(O)C1. The van der Waals surface area contributed by atoms with Crippen LogP contribution < -0.4 is 5.32 Å². The summed E-state index contributed by atoms with van der Waals surface area (Å²) < 4.78 is 5.61. The van der Waals surface area contributed by atoms with E-state index in [0.29, 0.717) is 5.92 Å². The van der Waals surface area contributed by atoms with E-state index in [1.165, 1.54) is 37.8 Å². The van der Waals surface area contributed by atoms with Crippen molar-refractivity contribution in [2.45, 2.75) is 82.4 Å². The van der Waals surface area contributed by atoms with Gasteiger partial charge in [0.15, 0.2) is 5.78 Å². The molecule has 1 fully saturated rings. The predicted molar refractivity (Wildman–Crippen MR) is 121 cm³/mol. The Hall–Kier alpha value is -1.14. The van der Waals surface area contributed by atoms with E-state index in [9.17, 15) is 14.7 Å². The van der Waals surface area contributed by atoms with E-state index >= 15 is 0 Å². The van der Waals surface area contributed by atoms with Crippen LogP contribution >= 0.6 is 23.2 Å². The number of rotatable bonds is 9. The zero-order valence-electron chi connectivity index (χ0n) is 18.0. The summed E-state index contributed by atoms with van der Waals surface area (Å²) in [5, 5.41) is 12.5. The van der Waals surface area contributed by atoms with Crippen LogP contribution in [0.5, 0.6) is 0 Å². The maximum absolute atomic E-state index is 12.3. The molecular weight excluding hydrogens is 425 g/mol. The monoisotopic (exact) mass is 457 g/mol. The van der Waals surface area contributed by atoms with Crippen molar-refractivity contribution < 1.29 is 19.4 Å². The molecule has 2 aliphatic rings. The summed E-state index contributed by atoms with van der Waals surface area (Å²) in [6, 6.07) is -0.414. The molecule has 7 heteroatoms. The number of carbonyl (C=O) groups is 2. The highest BCUT2D eigenvalue weighted by molar-refractivity contribution is 6.49. The van der Waals surface area contributed by atoms with E-state index in [-0.39, 0.29) is 24.0 Å². The molecule has 5 atom stereocenters. The Morgan fingerprint density at radius 1 is 1.40 bits per heavy atom. The van der Waals surface area contributed by atoms with Crippen LogP contribution in [-0.4, -0.2) is 46.5 Å². The summed E-state index contributed by atoms with van der Waals surface area (Å²) >= 11 is 12.0. The van der Waals surface area contributed by atoms with Crippen molar-refractivity contribution in [3.8, 4) is 0 Å². The van der Waals surface area contributed by atoms with E-state index in [4.69, 9.17) is 27.9 Å². The Morgan fingerprint density at radius 2 is 2.13 bits per heavy atom. The summed E-state index contributed by atoms with van der Waals surface area (Å²) in [6.45, 7) is 6.55. The van der Waals surface area contributed by atoms with Crippen LogP contribution in [0, 0.1) is 5.92 Å². The number of hydrogen-bond acceptors (Lipinski definition) is 4. The lowest BCUT2D eigenvalue weighted by atomic mass is 9.80. The molecule has 0 bridgehead atoms. The Kier molecular flexibility index (Phi) is 9.61. The van der Waals surface area contributed by atoms with Crippen LogP contribution in [0.25, 0.3) is 0 Å². The first kappa shape index (κ1) is 25.1. The van der Waals surface area contributed by atoms with Crippen molar-refractivity contribution in [1.82, 2.24) is 5.32 Å². The molecule has 1 aliphatic heterocycles. The van der Waals surface area contributed by atoms with Gasteiger partial charge in [-0.05, 0) is 25.3 Å². The van der Waals surface area contributed by atoms with Gasteiger partial charge in [-0.1, -0.05) is 68.9 Å². The smallest absolute Gasteiger partial charge is 0.244 e. The number of alkyl halides is 1. The summed E-state index contributed by atoms with van der Waals surface area (Å²) in [5.74, 6) is -0.250. The zero-order valence-corrected chi connectivity index (χ0v) is 19.5. The Morgan fingerprint density at radius 3 is 2.83 bits per heavy atom. The zero-order chi connectivity index (χ0) is 22.3. The van der Waals surface area contributed by atoms with Crippen LogP contribution in [0.3, 0.4) is 0 Å². The Balaban J connectivity index is 1.86. The summed E-state index contributed by atoms with van der Waals surface area (Å²) in [6.07, 6.45) is 12.2. The van der Waals surface area contributed by atoms with Gasteiger partial charge < -0.3 is 15.2 Å². The average molecular weight is 458 g/mol. The first-order valence-corrected chi connectivity index (χ1v) is 11.5. The van der Waals surface area contributed by atoms with Crippen LogP contribution in [0.15, 0.2) is 34.9 Å². The number of Topliss-reactive ketones (excluding diaryl/α,β-unsaturated/α-hetero) is 1. The van der Waals surface area contributed by atoms with Gasteiger partial charge in [-0.3, -0.25) is 9.59 Å². The van der Waals surface area contributed by atoms with E-state index in [2.05, 4.69) is 25.2 Å². The van der Waals surface area contributed by atoms with Gasteiger partial charge in [-0.25, -0.2) is 0 Å². The number of hydrogen-bond donors (Lipinski definition) is 2. The van der Waals surface area contributed by atoms with Crippen LogP contribution in [0.2, 0.25) is 0 Å². The molecule has 0 aromatic heterocycles. The lowest BCUT2D eigenvalue weighted by molar-refractivity contribution is -0.148. The normalized spacial score (nSPS) is 30.7. The lowest BCUT2D eigenvalue weighted by Gasteiger charge is -2.45. The van der Waals surface area contributed by atoms with Gasteiger partial charge in [0.05, 0.1) is 17.7 Å². The molecule has 0 aromatic carbocycles. The minimum absolute atomic E-state index is 0.103. The Labute approximate surface area is 189 Å². The van der Waals surface area contributed by atoms with Gasteiger partial charge >= 0.3 is 0 Å². The lowest BCUT2D eigenvalue weighted by Crippen LogP contribution is -2.61. The van der Waals surface area contributed by atoms with Crippen molar-refractivity contribution in [2.75, 3.05) is 6.61 Å². The van der Waals surface area contributed by atoms with Gasteiger partial charge in [0.2, 0.25) is 5.91 Å². The molecule has 30 heavy (non-hydrogen) atoms. The predicted octanol–water partition coefficient (Wildman–Crippen LogP) is 4.41. The Bertz CT molecular complexity index is 718. The number of nitrogens with one attached hydrogen (secondary N) is 1. The summed E-state index contributed by atoms with van der Waals surface area (Å²) in [5.41, 5.74) is -0.447. The van der Waals surface area contributed by atoms with Crippen molar-refractivity contribution in [2.24, 2.45) is 5.92 Å². The van der Waals surface area contributed by atoms with Crippen molar-refractivity contribution in [3.05, 3.63) is 34.9 Å². The third-order valence-corrected chi connectivity index (χ3v) is 6.30. The molecule has 1 amide bonds. The van der Waals surface area contributed by atoms with Crippen molar-refractivity contribution in [1.29, 1.82) is 0 Å². The highest BCUT2D eigenvalue weighted by Crippen LogP contribution is 2.38. The van der Waals surface area contributed by atoms with Gasteiger partial charge in [-0.15, -0.1) is 11.6 Å². The maximum Gasteiger partial charge on any atom is 0.244 e. The molecule has 168 valence electrons. The number of allylic oxidation sites excluding steroid dienone is 4. The van der Waals surface area contributed by atoms with E-state index in [1.807, 2.05) is 6.92 Å². The molecule has 0 saturated carbocycles. The van der Waals surface area contributed by atoms with Crippen molar-refractivity contribution in [3.63, 3.8) is 0 Å². The first-order valence-electron chi connectivity index (χ1n) is 10.7. The fraction of sp³-hybridized carbons (Fsp3) is 0.652.